The second-order valence-electron chi connectivity index (χ2n) is 15.3. The summed E-state index contributed by atoms with van der Waals surface area (Å²) < 4.78 is 0. The molecular formula is C31H42N4O3. The molecule has 4 saturated carbocycles. The Morgan fingerprint density at radius 3 is 2.26 bits per heavy atom. The highest BCUT2D eigenvalue weighted by molar-refractivity contribution is 6.02. The molecule has 0 aromatic carbocycles. The van der Waals surface area contributed by atoms with Crippen molar-refractivity contribution >= 4 is 17.5 Å². The maximum absolute atomic E-state index is 14.5. The monoisotopic (exact) mass is 518 g/mol. The van der Waals surface area contributed by atoms with Crippen LogP contribution < -0.4 is 0 Å². The topological polar surface area (TPSA) is 104 Å². The van der Waals surface area contributed by atoms with Gasteiger partial charge in [0.1, 0.15) is 5.78 Å². The lowest BCUT2D eigenvalue weighted by Crippen LogP contribution is -2.69. The minimum absolute atomic E-state index is 0.00571. The Balaban J connectivity index is 1.65. The van der Waals surface area contributed by atoms with Crippen LogP contribution in [0.1, 0.15) is 99.8 Å². The summed E-state index contributed by atoms with van der Waals surface area (Å²) in [5.41, 5.74) is 7.01. The Morgan fingerprint density at radius 1 is 0.974 bits per heavy atom. The first kappa shape index (κ1) is 27.1. The fraction of sp³-hybridized carbons (Fsp3) is 0.806. The van der Waals surface area contributed by atoms with E-state index >= 15 is 0 Å². The Labute approximate surface area is 226 Å². The third-order valence-corrected chi connectivity index (χ3v) is 13.0. The van der Waals surface area contributed by atoms with Crippen molar-refractivity contribution < 1.29 is 14.4 Å². The molecule has 1 amide bonds. The Bertz CT molecular complexity index is 1250. The molecule has 0 spiro atoms. The van der Waals surface area contributed by atoms with E-state index < -0.39 is 16.2 Å². The largest absolute Gasteiger partial charge is 0.307 e. The van der Waals surface area contributed by atoms with Crippen molar-refractivity contribution in [2.45, 2.75) is 99.8 Å². The minimum atomic E-state index is -0.762. The highest BCUT2D eigenvalue weighted by Crippen LogP contribution is 2.75. The van der Waals surface area contributed by atoms with E-state index in [4.69, 9.17) is 12.1 Å². The number of Topliss-reactive ketones (excluding diaryl/α,β-unsaturated/α-hetero) is 2. The van der Waals surface area contributed by atoms with E-state index in [2.05, 4.69) is 49.5 Å². The fourth-order valence-corrected chi connectivity index (χ4v) is 10.8. The zero-order valence-electron chi connectivity index (χ0n) is 24.1. The van der Waals surface area contributed by atoms with E-state index in [1.54, 1.807) is 0 Å². The third kappa shape index (κ3) is 3.19. The number of hydrogen-bond acceptors (Lipinski definition) is 3. The van der Waals surface area contributed by atoms with Crippen molar-refractivity contribution in [2.75, 3.05) is 0 Å². The van der Waals surface area contributed by atoms with Gasteiger partial charge in [0.05, 0.1) is 6.57 Å². The first-order chi connectivity index (χ1) is 17.5. The molecule has 0 bridgehead atoms. The molecule has 5 rings (SSSR count). The first-order valence-electron chi connectivity index (χ1n) is 14.3. The predicted octanol–water partition coefficient (Wildman–Crippen LogP) is 7.48. The molecule has 5 aliphatic carbocycles. The molecule has 0 aromatic heterocycles. The SMILES string of the molecule is [C-]#[N+]C1=C[C@]2(C)[C@H]3CC(=O)[C@@H]4[C@@H]5CC(C)(C)CC[C@]5(C(=O)N=[N+]=[N-])CC[C@@]4(C)[C@]3(C)CC[C@H]2C(C)(C)C1=O. The molecule has 4 fully saturated rings. The summed E-state index contributed by atoms with van der Waals surface area (Å²) in [6, 6.07) is 0. The molecule has 204 valence electrons. The predicted molar refractivity (Wildman–Crippen MR) is 144 cm³/mol. The van der Waals surface area contributed by atoms with Gasteiger partial charge in [-0.2, -0.15) is 0 Å². The second kappa shape index (κ2) is 8.04. The molecular weight excluding hydrogens is 476 g/mol. The smallest absolute Gasteiger partial charge is 0.226 e. The summed E-state index contributed by atoms with van der Waals surface area (Å²) >= 11 is 0. The average Bonchev–Trinajstić information content (AvgIpc) is 2.82. The second-order valence-corrected chi connectivity index (χ2v) is 15.3. The molecule has 0 unspecified atom stereocenters. The van der Waals surface area contributed by atoms with Crippen LogP contribution in [-0.4, -0.2) is 17.5 Å². The molecule has 5 aliphatic rings. The van der Waals surface area contributed by atoms with Gasteiger partial charge in [-0.3, -0.25) is 9.59 Å². The highest BCUT2D eigenvalue weighted by Gasteiger charge is 2.72. The maximum Gasteiger partial charge on any atom is 0.226 e. The molecule has 0 aliphatic heterocycles. The number of nitrogens with zero attached hydrogens (tertiary/aromatic N) is 4. The molecule has 0 saturated heterocycles. The standard InChI is InChI=1S/C31H42N4O3/c1-26(2)11-13-31(25(38)34-35-32)14-12-30(7)23(18(31)16-26)20(36)15-22-28(5)17-19(33-8)24(37)27(3,4)21(28)9-10-29(22,30)6/h17-18,21-23H,9-16H2,1-7H3/t18-,21-,22+,23-,28-,29+,30+,31-/m0/s1. The summed E-state index contributed by atoms with van der Waals surface area (Å²) in [4.78, 5) is 47.6. The summed E-state index contributed by atoms with van der Waals surface area (Å²) in [5, 5.41) is 3.62. The molecule has 0 radical (unpaired) electrons. The van der Waals surface area contributed by atoms with Crippen LogP contribution in [0.3, 0.4) is 0 Å². The van der Waals surface area contributed by atoms with Gasteiger partial charge in [-0.1, -0.05) is 54.5 Å². The number of carbonyl (C=O) groups excluding carboxylic acids is 3. The van der Waals surface area contributed by atoms with E-state index in [9.17, 15) is 14.4 Å². The van der Waals surface area contributed by atoms with E-state index in [-0.39, 0.29) is 63.1 Å². The molecule has 0 aromatic rings. The van der Waals surface area contributed by atoms with Crippen molar-refractivity contribution in [2.24, 2.45) is 61.3 Å². The number of fused-ring (bicyclic) bond motifs is 7. The minimum Gasteiger partial charge on any atom is -0.307 e. The van der Waals surface area contributed by atoms with Crippen LogP contribution in [-0.2, 0) is 14.4 Å². The van der Waals surface area contributed by atoms with Gasteiger partial charge in [-0.15, -0.1) is 0 Å². The van der Waals surface area contributed by atoms with Crippen LogP contribution in [0.15, 0.2) is 16.9 Å². The highest BCUT2D eigenvalue weighted by atomic mass is 16.2. The van der Waals surface area contributed by atoms with Crippen LogP contribution in [0.2, 0.25) is 0 Å². The van der Waals surface area contributed by atoms with Crippen molar-refractivity contribution in [3.63, 3.8) is 0 Å². The van der Waals surface area contributed by atoms with Crippen molar-refractivity contribution in [1.82, 2.24) is 0 Å². The zero-order chi connectivity index (χ0) is 28.1. The van der Waals surface area contributed by atoms with Gasteiger partial charge in [0.2, 0.25) is 11.6 Å². The Morgan fingerprint density at radius 2 is 1.63 bits per heavy atom. The normalized spacial score (nSPS) is 46.6. The lowest BCUT2D eigenvalue weighted by Gasteiger charge is -2.71. The summed E-state index contributed by atoms with van der Waals surface area (Å²) in [5.74, 6) is -0.561. The molecule has 8 atom stereocenters. The van der Waals surface area contributed by atoms with Crippen molar-refractivity contribution in [1.29, 1.82) is 0 Å². The zero-order valence-corrected chi connectivity index (χ0v) is 24.1. The van der Waals surface area contributed by atoms with E-state index in [1.807, 2.05) is 19.9 Å². The number of amides is 1. The van der Waals surface area contributed by atoms with Gasteiger partial charge in [0.15, 0.2) is 5.78 Å². The lowest BCUT2D eigenvalue weighted by molar-refractivity contribution is -0.221. The van der Waals surface area contributed by atoms with E-state index in [0.717, 1.165) is 32.1 Å². The third-order valence-electron chi connectivity index (χ3n) is 13.0. The number of rotatable bonds is 1. The van der Waals surface area contributed by atoms with Gasteiger partial charge in [0, 0.05) is 28.1 Å². The quantitative estimate of drug-likeness (QED) is 0.155. The molecule has 0 heterocycles. The Hall–Kier alpha value is -2.45. The summed E-state index contributed by atoms with van der Waals surface area (Å²) in [6.07, 6.45) is 7.82. The number of carbonyl (C=O) groups is 3. The number of azide groups is 1. The number of allylic oxidation sites excluding steroid dienone is 2. The molecule has 7 heteroatoms. The fourth-order valence-electron chi connectivity index (χ4n) is 10.8. The lowest BCUT2D eigenvalue weighted by atomic mass is 9.31. The van der Waals surface area contributed by atoms with E-state index in [0.29, 0.717) is 19.3 Å². The van der Waals surface area contributed by atoms with Crippen LogP contribution in [0.25, 0.3) is 15.3 Å². The maximum atomic E-state index is 14.5. The van der Waals surface area contributed by atoms with Crippen LogP contribution in [0.4, 0.5) is 0 Å². The van der Waals surface area contributed by atoms with Crippen molar-refractivity contribution in [3.05, 3.63) is 33.6 Å². The van der Waals surface area contributed by atoms with E-state index in [1.165, 1.54) is 0 Å². The van der Waals surface area contributed by atoms with Gasteiger partial charge < -0.3 is 4.79 Å². The molecule has 7 nitrogen and oxygen atoms in total. The number of ketones is 2. The van der Waals surface area contributed by atoms with Crippen LogP contribution in [0, 0.1) is 62.7 Å². The van der Waals surface area contributed by atoms with Gasteiger partial charge in [-0.05, 0) is 95.0 Å². The molecule has 0 N–H and O–H groups in total. The van der Waals surface area contributed by atoms with Crippen LogP contribution in [0.5, 0.6) is 0 Å². The average molecular weight is 519 g/mol. The summed E-state index contributed by atoms with van der Waals surface area (Å²) in [6.45, 7) is 23.0. The van der Waals surface area contributed by atoms with Gasteiger partial charge >= 0.3 is 0 Å². The van der Waals surface area contributed by atoms with Crippen LogP contribution >= 0.6 is 0 Å². The summed E-state index contributed by atoms with van der Waals surface area (Å²) in [7, 11) is 0. The molecule has 38 heavy (non-hydrogen) atoms. The van der Waals surface area contributed by atoms with Crippen molar-refractivity contribution in [3.8, 4) is 0 Å². The Kier molecular flexibility index (Phi) is 5.74. The first-order valence-corrected chi connectivity index (χ1v) is 14.3. The van der Waals surface area contributed by atoms with Gasteiger partial charge in [0.25, 0.3) is 0 Å². The number of hydrogen-bond donors (Lipinski definition) is 0. The van der Waals surface area contributed by atoms with Gasteiger partial charge in [-0.25, -0.2) is 4.85 Å².